The van der Waals surface area contributed by atoms with E-state index in [1.165, 1.54) is 5.56 Å². The standard InChI is InChI=1S/C13H13BrClNOS/c1-7-3-4-18-13(7)11(16)9-5-8(15)6-10(14)12(9)17-2/h3-6,11H,16H2,1-2H3. The molecule has 18 heavy (non-hydrogen) atoms. The van der Waals surface area contributed by atoms with E-state index in [1.807, 2.05) is 11.4 Å². The van der Waals surface area contributed by atoms with Crippen LogP contribution in [0.5, 0.6) is 5.75 Å². The highest BCUT2D eigenvalue weighted by atomic mass is 79.9. The minimum absolute atomic E-state index is 0.227. The number of methoxy groups -OCH3 is 1. The number of aryl methyl sites for hydroxylation is 1. The third kappa shape index (κ3) is 2.57. The van der Waals surface area contributed by atoms with Crippen molar-refractivity contribution in [1.82, 2.24) is 0 Å². The van der Waals surface area contributed by atoms with E-state index in [1.54, 1.807) is 24.5 Å². The predicted molar refractivity (Wildman–Crippen MR) is 80.8 cm³/mol. The fourth-order valence-corrected chi connectivity index (χ4v) is 3.81. The Bertz CT molecular complexity index is 570. The highest BCUT2D eigenvalue weighted by molar-refractivity contribution is 9.10. The molecule has 0 aliphatic heterocycles. The largest absolute Gasteiger partial charge is 0.495 e. The summed E-state index contributed by atoms with van der Waals surface area (Å²) in [6.45, 7) is 2.05. The highest BCUT2D eigenvalue weighted by Gasteiger charge is 2.19. The summed E-state index contributed by atoms with van der Waals surface area (Å²) < 4.78 is 6.23. The van der Waals surface area contributed by atoms with Crippen LogP contribution in [0.25, 0.3) is 0 Å². The van der Waals surface area contributed by atoms with Gasteiger partial charge in [0.05, 0.1) is 17.6 Å². The average Bonchev–Trinajstić information content (AvgIpc) is 2.73. The van der Waals surface area contributed by atoms with Gasteiger partial charge in [0.15, 0.2) is 0 Å². The van der Waals surface area contributed by atoms with Crippen molar-refractivity contribution in [3.05, 3.63) is 49.1 Å². The van der Waals surface area contributed by atoms with Gasteiger partial charge in [0.1, 0.15) is 5.75 Å². The Balaban J connectivity index is 2.54. The Labute approximate surface area is 124 Å². The average molecular weight is 347 g/mol. The Morgan fingerprint density at radius 2 is 2.17 bits per heavy atom. The second-order valence-corrected chi connectivity index (χ2v) is 6.19. The van der Waals surface area contributed by atoms with Crippen LogP contribution in [0.15, 0.2) is 28.1 Å². The SMILES string of the molecule is COc1c(Br)cc(Cl)cc1C(N)c1sccc1C. The van der Waals surface area contributed by atoms with Gasteiger partial charge in [0.25, 0.3) is 0 Å². The first-order valence-electron chi connectivity index (χ1n) is 5.37. The lowest BCUT2D eigenvalue weighted by atomic mass is 10.0. The van der Waals surface area contributed by atoms with Crippen molar-refractivity contribution in [3.8, 4) is 5.75 Å². The molecule has 0 saturated heterocycles. The molecule has 5 heteroatoms. The molecule has 1 heterocycles. The van der Waals surface area contributed by atoms with E-state index in [2.05, 4.69) is 28.9 Å². The van der Waals surface area contributed by atoms with Crippen LogP contribution in [-0.2, 0) is 0 Å². The molecule has 1 aromatic heterocycles. The van der Waals surface area contributed by atoms with Gasteiger partial charge < -0.3 is 10.5 Å². The van der Waals surface area contributed by atoms with Crippen molar-refractivity contribution in [2.75, 3.05) is 7.11 Å². The van der Waals surface area contributed by atoms with Gasteiger partial charge in [0.2, 0.25) is 0 Å². The lowest BCUT2D eigenvalue weighted by Crippen LogP contribution is -2.13. The molecule has 0 aliphatic carbocycles. The molecule has 2 aromatic rings. The van der Waals surface area contributed by atoms with Crippen LogP contribution in [0.3, 0.4) is 0 Å². The maximum atomic E-state index is 6.33. The Kier molecular flexibility index (Phi) is 4.33. The molecule has 1 unspecified atom stereocenters. The number of rotatable bonds is 3. The molecular formula is C13H13BrClNOS. The topological polar surface area (TPSA) is 35.2 Å². The van der Waals surface area contributed by atoms with Crippen molar-refractivity contribution in [3.63, 3.8) is 0 Å². The Hall–Kier alpha value is -0.550. The van der Waals surface area contributed by atoms with E-state index in [0.29, 0.717) is 5.02 Å². The van der Waals surface area contributed by atoms with Crippen molar-refractivity contribution in [2.45, 2.75) is 13.0 Å². The van der Waals surface area contributed by atoms with Crippen molar-refractivity contribution >= 4 is 38.9 Å². The summed E-state index contributed by atoms with van der Waals surface area (Å²) in [5, 5.41) is 2.68. The van der Waals surface area contributed by atoms with Crippen LogP contribution in [-0.4, -0.2) is 7.11 Å². The number of ether oxygens (including phenoxy) is 1. The third-order valence-corrected chi connectivity index (χ3v) is 4.67. The number of thiophene rings is 1. The summed E-state index contributed by atoms with van der Waals surface area (Å²) in [4.78, 5) is 1.13. The highest BCUT2D eigenvalue weighted by Crippen LogP contribution is 2.39. The predicted octanol–water partition coefficient (Wildman–Crippen LogP) is 4.53. The van der Waals surface area contributed by atoms with Crippen LogP contribution >= 0.6 is 38.9 Å². The molecule has 0 bridgehead atoms. The van der Waals surface area contributed by atoms with E-state index in [4.69, 9.17) is 22.1 Å². The number of halogens is 2. The quantitative estimate of drug-likeness (QED) is 0.886. The molecule has 0 radical (unpaired) electrons. The molecule has 0 spiro atoms. The fraction of sp³-hybridized carbons (Fsp3) is 0.231. The molecule has 0 aliphatic rings. The van der Waals surface area contributed by atoms with Crippen LogP contribution in [0.2, 0.25) is 5.02 Å². The first-order valence-corrected chi connectivity index (χ1v) is 7.42. The van der Waals surface area contributed by atoms with Gasteiger partial charge in [0, 0.05) is 15.5 Å². The maximum Gasteiger partial charge on any atom is 0.138 e. The normalized spacial score (nSPS) is 12.5. The van der Waals surface area contributed by atoms with Gasteiger partial charge >= 0.3 is 0 Å². The zero-order valence-corrected chi connectivity index (χ0v) is 13.2. The number of hydrogen-bond donors (Lipinski definition) is 1. The van der Waals surface area contributed by atoms with Gasteiger partial charge in [-0.05, 0) is 52.0 Å². The lowest BCUT2D eigenvalue weighted by molar-refractivity contribution is 0.405. The minimum atomic E-state index is -0.227. The number of hydrogen-bond acceptors (Lipinski definition) is 3. The second kappa shape index (κ2) is 5.61. The zero-order chi connectivity index (χ0) is 13.3. The molecule has 96 valence electrons. The molecule has 2 rings (SSSR count). The third-order valence-electron chi connectivity index (χ3n) is 2.76. The van der Waals surface area contributed by atoms with E-state index < -0.39 is 0 Å². The molecular weight excluding hydrogens is 334 g/mol. The molecule has 0 fully saturated rings. The van der Waals surface area contributed by atoms with Crippen LogP contribution in [0.1, 0.15) is 22.0 Å². The van der Waals surface area contributed by atoms with Crippen molar-refractivity contribution in [1.29, 1.82) is 0 Å². The first kappa shape index (κ1) is 13.9. The Morgan fingerprint density at radius 3 is 2.72 bits per heavy atom. The van der Waals surface area contributed by atoms with Gasteiger partial charge in [-0.25, -0.2) is 0 Å². The molecule has 0 amide bonds. The smallest absolute Gasteiger partial charge is 0.138 e. The summed E-state index contributed by atoms with van der Waals surface area (Å²) in [5.41, 5.74) is 8.40. The number of benzene rings is 1. The van der Waals surface area contributed by atoms with Crippen molar-refractivity contribution in [2.24, 2.45) is 5.73 Å². The molecule has 2 N–H and O–H groups in total. The van der Waals surface area contributed by atoms with Crippen molar-refractivity contribution < 1.29 is 4.74 Å². The minimum Gasteiger partial charge on any atom is -0.495 e. The van der Waals surface area contributed by atoms with Gasteiger partial charge in [-0.15, -0.1) is 11.3 Å². The van der Waals surface area contributed by atoms with Crippen LogP contribution in [0.4, 0.5) is 0 Å². The van der Waals surface area contributed by atoms with Crippen LogP contribution in [0, 0.1) is 6.92 Å². The summed E-state index contributed by atoms with van der Waals surface area (Å²) in [5.74, 6) is 0.736. The Morgan fingerprint density at radius 1 is 1.44 bits per heavy atom. The monoisotopic (exact) mass is 345 g/mol. The summed E-state index contributed by atoms with van der Waals surface area (Å²) >= 11 is 11.2. The molecule has 1 atom stereocenters. The van der Waals surface area contributed by atoms with E-state index in [9.17, 15) is 0 Å². The second-order valence-electron chi connectivity index (χ2n) is 3.96. The van der Waals surface area contributed by atoms with Gasteiger partial charge in [-0.1, -0.05) is 11.6 Å². The molecule has 0 saturated carbocycles. The maximum absolute atomic E-state index is 6.33. The molecule has 2 nitrogen and oxygen atoms in total. The van der Waals surface area contributed by atoms with Gasteiger partial charge in [-0.2, -0.15) is 0 Å². The van der Waals surface area contributed by atoms with Crippen LogP contribution < -0.4 is 10.5 Å². The van der Waals surface area contributed by atoms with E-state index >= 15 is 0 Å². The van der Waals surface area contributed by atoms with E-state index in [-0.39, 0.29) is 6.04 Å². The fourth-order valence-electron chi connectivity index (χ4n) is 1.87. The summed E-state index contributed by atoms with van der Waals surface area (Å²) in [6, 6.07) is 5.49. The first-order chi connectivity index (χ1) is 8.54. The van der Waals surface area contributed by atoms with Gasteiger partial charge in [-0.3, -0.25) is 0 Å². The van der Waals surface area contributed by atoms with E-state index in [0.717, 1.165) is 20.7 Å². The zero-order valence-electron chi connectivity index (χ0n) is 10.0. The summed E-state index contributed by atoms with van der Waals surface area (Å²) in [7, 11) is 1.63. The number of nitrogens with two attached hydrogens (primary N) is 1. The summed E-state index contributed by atoms with van der Waals surface area (Å²) in [6.07, 6.45) is 0. The molecule has 1 aromatic carbocycles. The lowest BCUT2D eigenvalue weighted by Gasteiger charge is -2.17.